The number of Topliss-reactive ketones (excluding diaryl/α,β-unsaturated/α-hetero) is 1. The standard InChI is InChI=1S/C26H32N2O3S.C25H30N2O3S.C21H28O3S.C12H15NO2S/c1-18-8-10-20(11-9-18)24(29)28(17-19-7-6-14-27-16-19)22-15-21(12-13-26(2,3)4)32-23(22)25(30)31-5;1-17-7-9-19(10-8-17)23(28)27(16-18-6-5-13-26-15-18)21-14-20(11-12-25(2,3)4)31-22(21)24(29)30;1-14-6-8-15(9-7-14)18(22)13-16-12-17(10-11-21(2,3)4)25-19(16)20(23)24-5;1-12(2,3)6-5-8-7-9(13)10(16-8)11(14)15-4/h6-7,14-16,18,20H,8-11,17H2,1-5H3;5-6,13-15,17,19H,7-10,16H2,1-4H3,(H,29,30);12,14-15H,6-9,13H2,1-5H3;7H,13H2,1-4H3. The van der Waals surface area contributed by atoms with Crippen LogP contribution >= 0.6 is 45.3 Å². The maximum absolute atomic E-state index is 13.7. The minimum absolute atomic E-state index is 0.00798. The molecule has 3 aliphatic rings. The second kappa shape index (κ2) is 38.6. The largest absolute Gasteiger partial charge is 0.477 e. The number of carbonyl (C=O) groups is 7. The highest BCUT2D eigenvalue weighted by Crippen LogP contribution is 2.40. The molecule has 0 unspecified atom stereocenters. The van der Waals surface area contributed by atoms with Crippen LogP contribution in [0, 0.1) is 105 Å². The number of carboxylic acid groups (broad SMARTS) is 1. The molecule has 6 aromatic heterocycles. The molecular weight excluding hydrogens is 1380 g/mol. The van der Waals surface area contributed by atoms with Crippen LogP contribution in [0.2, 0.25) is 0 Å². The average Bonchev–Trinajstić information content (AvgIpc) is 1.66. The number of rotatable bonds is 15. The van der Waals surface area contributed by atoms with Crippen LogP contribution in [0.1, 0.15) is 256 Å². The van der Waals surface area contributed by atoms with Crippen LogP contribution in [0.5, 0.6) is 0 Å². The van der Waals surface area contributed by atoms with E-state index in [0.29, 0.717) is 67.9 Å². The quantitative estimate of drug-likeness (QED) is 0.0554. The number of aromatic nitrogens is 2. The van der Waals surface area contributed by atoms with Crippen molar-refractivity contribution in [2.75, 3.05) is 36.9 Å². The van der Waals surface area contributed by atoms with Crippen molar-refractivity contribution in [3.05, 3.63) is 129 Å². The normalized spacial score (nSPS) is 17.8. The van der Waals surface area contributed by atoms with Crippen molar-refractivity contribution in [1.82, 2.24) is 9.97 Å². The predicted octanol–water partition coefficient (Wildman–Crippen LogP) is 18.7. The van der Waals surface area contributed by atoms with E-state index in [4.69, 9.17) is 15.2 Å². The maximum Gasteiger partial charge on any atom is 0.350 e. The molecule has 9 rings (SSSR count). The van der Waals surface area contributed by atoms with Crippen LogP contribution in [0.3, 0.4) is 0 Å². The molecule has 20 heteroatoms. The summed E-state index contributed by atoms with van der Waals surface area (Å²) in [5, 5.41) is 9.86. The van der Waals surface area contributed by atoms with Gasteiger partial charge in [0.2, 0.25) is 11.8 Å². The molecule has 3 fully saturated rings. The summed E-state index contributed by atoms with van der Waals surface area (Å²) in [6.45, 7) is 31.7. The van der Waals surface area contributed by atoms with E-state index < -0.39 is 17.9 Å². The fraction of sp³-hybridized carbons (Fsp3) is 0.512. The van der Waals surface area contributed by atoms with Crippen LogP contribution in [0.15, 0.2) is 73.3 Å². The number of thiophene rings is 4. The van der Waals surface area contributed by atoms with Crippen molar-refractivity contribution >= 4 is 104 Å². The molecule has 0 spiro atoms. The molecule has 3 saturated carbocycles. The van der Waals surface area contributed by atoms with E-state index >= 15 is 0 Å². The molecule has 3 N–H and O–H groups in total. The van der Waals surface area contributed by atoms with Gasteiger partial charge in [-0.2, -0.15) is 0 Å². The molecule has 0 bridgehead atoms. The Labute approximate surface area is 633 Å². The van der Waals surface area contributed by atoms with E-state index in [9.17, 15) is 38.7 Å². The molecule has 556 valence electrons. The molecular formula is C84H105N5O11S4. The van der Waals surface area contributed by atoms with Crippen molar-refractivity contribution < 1.29 is 52.9 Å². The van der Waals surface area contributed by atoms with Gasteiger partial charge in [0.25, 0.3) is 0 Å². The molecule has 16 nitrogen and oxygen atoms in total. The Hall–Kier alpha value is -8.37. The first kappa shape index (κ1) is 84.6. The highest BCUT2D eigenvalue weighted by atomic mass is 32.1. The van der Waals surface area contributed by atoms with Crippen molar-refractivity contribution in [3.63, 3.8) is 0 Å². The van der Waals surface area contributed by atoms with Gasteiger partial charge < -0.3 is 34.9 Å². The third-order valence-electron chi connectivity index (χ3n) is 17.4. The molecule has 104 heavy (non-hydrogen) atoms. The summed E-state index contributed by atoms with van der Waals surface area (Å²) in [6.07, 6.45) is 18.9. The van der Waals surface area contributed by atoms with Crippen molar-refractivity contribution in [1.29, 1.82) is 0 Å². The van der Waals surface area contributed by atoms with E-state index in [-0.39, 0.29) is 67.9 Å². The number of methoxy groups -OCH3 is 3. The number of hydrogen-bond donors (Lipinski definition) is 2. The second-order valence-corrected chi connectivity index (χ2v) is 35.6. The SMILES string of the molecule is CC1CCC(C(=O)N(Cc2cccnc2)c2cc(C#CC(C)(C)C)sc2C(=O)O)CC1.COC(=O)c1sc(C#CC(C)(C)C)cc1CC(=O)C1CCC(C)CC1.COC(=O)c1sc(C#CC(C)(C)C)cc1N.COC(=O)c1sc(C#CC(C)(C)C)cc1N(Cc1cccnc1)C(=O)C1CCC(C)CC1. The van der Waals surface area contributed by atoms with Gasteiger partial charge in [-0.1, -0.05) is 93.1 Å². The molecule has 0 atom stereocenters. The van der Waals surface area contributed by atoms with Gasteiger partial charge in [-0.05, 0) is 218 Å². The number of esters is 3. The first-order valence-electron chi connectivity index (χ1n) is 35.7. The Morgan fingerprint density at radius 1 is 0.471 bits per heavy atom. The zero-order valence-electron chi connectivity index (χ0n) is 64.0. The number of amides is 2. The molecule has 6 heterocycles. The molecule has 2 amide bonds. The smallest absolute Gasteiger partial charge is 0.350 e. The molecule has 0 aromatic carbocycles. The number of nitrogens with zero attached hydrogens (tertiary/aromatic N) is 4. The Bertz CT molecular complexity index is 4200. The number of carbonyl (C=O) groups excluding carboxylic acids is 6. The van der Waals surface area contributed by atoms with Gasteiger partial charge in [0.1, 0.15) is 25.3 Å². The average molecular weight is 1490 g/mol. The molecule has 0 saturated heterocycles. The lowest BCUT2D eigenvalue weighted by molar-refractivity contribution is -0.124. The number of nitrogen functional groups attached to an aromatic ring is 1. The van der Waals surface area contributed by atoms with Gasteiger partial charge >= 0.3 is 23.9 Å². The van der Waals surface area contributed by atoms with Crippen molar-refractivity contribution in [2.24, 2.45) is 57.2 Å². The van der Waals surface area contributed by atoms with Gasteiger partial charge in [0, 0.05) is 70.6 Å². The van der Waals surface area contributed by atoms with E-state index in [0.717, 1.165) is 126 Å². The Morgan fingerprint density at radius 3 is 1.16 bits per heavy atom. The van der Waals surface area contributed by atoms with E-state index in [2.05, 4.69) is 82.8 Å². The van der Waals surface area contributed by atoms with Crippen LogP contribution in [-0.2, 0) is 48.1 Å². The fourth-order valence-electron chi connectivity index (χ4n) is 11.6. The Kier molecular flexibility index (Phi) is 31.4. The van der Waals surface area contributed by atoms with Gasteiger partial charge in [0.15, 0.2) is 0 Å². The van der Waals surface area contributed by atoms with Crippen LogP contribution in [-0.4, -0.2) is 77.9 Å². The van der Waals surface area contributed by atoms with E-state index in [1.165, 1.54) is 55.3 Å². The summed E-state index contributed by atoms with van der Waals surface area (Å²) >= 11 is 4.99. The van der Waals surface area contributed by atoms with E-state index in [1.54, 1.807) is 46.7 Å². The number of ketones is 1. The topological polar surface area (TPSA) is 226 Å². The lowest BCUT2D eigenvalue weighted by atomic mass is 9.79. The highest BCUT2D eigenvalue weighted by Gasteiger charge is 2.35. The number of hydrogen-bond acceptors (Lipinski definition) is 17. The number of nitrogens with two attached hydrogens (primary N) is 1. The van der Waals surface area contributed by atoms with Crippen LogP contribution in [0.4, 0.5) is 17.1 Å². The second-order valence-electron chi connectivity index (χ2n) is 31.4. The monoisotopic (exact) mass is 1490 g/mol. The minimum Gasteiger partial charge on any atom is -0.477 e. The number of anilines is 3. The maximum atomic E-state index is 13.7. The van der Waals surface area contributed by atoms with Gasteiger partial charge in [0.05, 0.1) is 71.0 Å². The lowest BCUT2D eigenvalue weighted by Gasteiger charge is -2.31. The Morgan fingerprint density at radius 2 is 0.798 bits per heavy atom. The zero-order chi connectivity index (χ0) is 76.9. The number of carboxylic acids is 1. The lowest BCUT2D eigenvalue weighted by Crippen LogP contribution is -2.38. The highest BCUT2D eigenvalue weighted by molar-refractivity contribution is 7.16. The summed E-state index contributed by atoms with van der Waals surface area (Å²) in [5.41, 5.74) is 9.14. The third-order valence-corrected chi connectivity index (χ3v) is 21.5. The van der Waals surface area contributed by atoms with E-state index in [1.807, 2.05) is 119 Å². The Balaban J connectivity index is 0.000000223. The summed E-state index contributed by atoms with van der Waals surface area (Å²) in [4.78, 5) is 104. The van der Waals surface area contributed by atoms with Crippen LogP contribution < -0.4 is 15.5 Å². The number of aromatic carboxylic acids is 1. The first-order valence-corrected chi connectivity index (χ1v) is 38.9. The third kappa shape index (κ3) is 27.3. The predicted molar refractivity (Wildman–Crippen MR) is 421 cm³/mol. The van der Waals surface area contributed by atoms with Crippen molar-refractivity contribution in [3.8, 4) is 47.4 Å². The summed E-state index contributed by atoms with van der Waals surface area (Å²) in [5.74, 6) is 25.1. The zero-order valence-corrected chi connectivity index (χ0v) is 67.3. The van der Waals surface area contributed by atoms with Crippen LogP contribution in [0.25, 0.3) is 0 Å². The summed E-state index contributed by atoms with van der Waals surface area (Å²) in [6, 6.07) is 14.7. The number of pyridine rings is 2. The van der Waals surface area contributed by atoms with Gasteiger partial charge in [-0.3, -0.25) is 24.4 Å². The molecule has 3 aliphatic carbocycles. The van der Waals surface area contributed by atoms with Gasteiger partial charge in [-0.15, -0.1) is 45.3 Å². The summed E-state index contributed by atoms with van der Waals surface area (Å²) < 4.78 is 14.6. The minimum atomic E-state index is -1.04. The molecule has 0 radical (unpaired) electrons. The van der Waals surface area contributed by atoms with Crippen molar-refractivity contribution in [2.45, 2.75) is 200 Å². The summed E-state index contributed by atoms with van der Waals surface area (Å²) in [7, 11) is 4.07. The molecule has 6 aromatic rings. The fourth-order valence-corrected chi connectivity index (χ4v) is 15.2. The number of ether oxygens (including phenoxy) is 3. The first-order chi connectivity index (χ1) is 48.8. The van der Waals surface area contributed by atoms with Gasteiger partial charge in [-0.25, -0.2) is 19.2 Å². The molecule has 0 aliphatic heterocycles.